The summed E-state index contributed by atoms with van der Waals surface area (Å²) in [4.78, 5) is 11.2. The quantitative estimate of drug-likeness (QED) is 0.266. The SMILES string of the molecule is C=C(C)C(=O)OCCSc1nnc(SCCCC(O)CO)s1. The van der Waals surface area contributed by atoms with Crippen LogP contribution in [0.4, 0.5) is 0 Å². The number of hydrogen-bond acceptors (Lipinski definition) is 9. The summed E-state index contributed by atoms with van der Waals surface area (Å²) in [5.74, 6) is 1.08. The molecule has 0 aromatic carbocycles. The van der Waals surface area contributed by atoms with Crippen LogP contribution in [-0.4, -0.2) is 57.2 Å². The molecule has 1 unspecified atom stereocenters. The molecule has 1 heterocycles. The molecule has 0 radical (unpaired) electrons. The van der Waals surface area contributed by atoms with Gasteiger partial charge in [0.2, 0.25) is 0 Å². The Morgan fingerprint density at radius 3 is 2.59 bits per heavy atom. The molecule has 1 rings (SSSR count). The summed E-state index contributed by atoms with van der Waals surface area (Å²) in [6.07, 6.45) is 0.756. The summed E-state index contributed by atoms with van der Waals surface area (Å²) in [7, 11) is 0. The molecule has 0 saturated carbocycles. The van der Waals surface area contributed by atoms with Gasteiger partial charge in [0.25, 0.3) is 0 Å². The lowest BCUT2D eigenvalue weighted by Crippen LogP contribution is -2.11. The van der Waals surface area contributed by atoms with E-state index in [2.05, 4.69) is 16.8 Å². The normalized spacial score (nSPS) is 12.1. The van der Waals surface area contributed by atoms with E-state index in [-0.39, 0.29) is 12.6 Å². The van der Waals surface area contributed by atoms with Crippen LogP contribution in [0.2, 0.25) is 0 Å². The van der Waals surface area contributed by atoms with Crippen LogP contribution in [0.1, 0.15) is 19.8 Å². The van der Waals surface area contributed by atoms with Crippen molar-refractivity contribution in [3.8, 4) is 0 Å². The van der Waals surface area contributed by atoms with Gasteiger partial charge in [0.15, 0.2) is 8.68 Å². The Labute approximate surface area is 142 Å². The Kier molecular flexibility index (Phi) is 9.73. The maximum absolute atomic E-state index is 11.2. The van der Waals surface area contributed by atoms with Crippen molar-refractivity contribution in [2.75, 3.05) is 24.7 Å². The van der Waals surface area contributed by atoms with Gasteiger partial charge in [0.05, 0.1) is 12.7 Å². The number of aliphatic hydroxyl groups is 2. The number of hydrogen-bond donors (Lipinski definition) is 2. The lowest BCUT2D eigenvalue weighted by molar-refractivity contribution is -0.138. The minimum absolute atomic E-state index is 0.194. The number of esters is 1. The van der Waals surface area contributed by atoms with Crippen molar-refractivity contribution < 1.29 is 19.7 Å². The summed E-state index contributed by atoms with van der Waals surface area (Å²) in [6, 6.07) is 0. The van der Waals surface area contributed by atoms with Gasteiger partial charge in [0, 0.05) is 17.1 Å². The molecule has 0 aliphatic rings. The molecule has 0 aliphatic heterocycles. The summed E-state index contributed by atoms with van der Waals surface area (Å²) in [5.41, 5.74) is 0.394. The molecule has 0 aliphatic carbocycles. The molecule has 0 fully saturated rings. The topological polar surface area (TPSA) is 92.5 Å². The van der Waals surface area contributed by atoms with Crippen LogP contribution in [0.25, 0.3) is 0 Å². The fourth-order valence-electron chi connectivity index (χ4n) is 1.27. The number of nitrogens with zero attached hydrogens (tertiary/aromatic N) is 2. The molecule has 0 spiro atoms. The molecule has 6 nitrogen and oxygen atoms in total. The van der Waals surface area contributed by atoms with E-state index < -0.39 is 6.10 Å². The second kappa shape index (κ2) is 11.0. The first kappa shape index (κ1) is 19.4. The molecule has 0 bridgehead atoms. The highest BCUT2D eigenvalue weighted by atomic mass is 32.2. The van der Waals surface area contributed by atoms with Crippen LogP contribution in [0.5, 0.6) is 0 Å². The summed E-state index contributed by atoms with van der Waals surface area (Å²) >= 11 is 4.57. The highest BCUT2D eigenvalue weighted by Crippen LogP contribution is 2.29. The van der Waals surface area contributed by atoms with Gasteiger partial charge in [-0.1, -0.05) is 41.4 Å². The van der Waals surface area contributed by atoms with Gasteiger partial charge in [-0.15, -0.1) is 10.2 Å². The average Bonchev–Trinajstić information content (AvgIpc) is 2.95. The van der Waals surface area contributed by atoms with Crippen molar-refractivity contribution in [1.29, 1.82) is 0 Å². The third kappa shape index (κ3) is 8.14. The summed E-state index contributed by atoms with van der Waals surface area (Å²) in [6.45, 7) is 5.25. The van der Waals surface area contributed by atoms with E-state index in [0.717, 1.165) is 20.9 Å². The van der Waals surface area contributed by atoms with Gasteiger partial charge in [-0.25, -0.2) is 4.79 Å². The Hall–Kier alpha value is -0.610. The molecule has 1 aromatic heterocycles. The number of carbonyl (C=O) groups is 1. The number of carbonyl (C=O) groups excluding carboxylic acids is 1. The first-order valence-electron chi connectivity index (χ1n) is 6.73. The first-order chi connectivity index (χ1) is 10.5. The lowest BCUT2D eigenvalue weighted by atomic mass is 10.2. The van der Waals surface area contributed by atoms with Crippen LogP contribution in [0, 0.1) is 0 Å². The zero-order chi connectivity index (χ0) is 16.4. The highest BCUT2D eigenvalue weighted by molar-refractivity contribution is 8.03. The van der Waals surface area contributed by atoms with Crippen LogP contribution in [-0.2, 0) is 9.53 Å². The van der Waals surface area contributed by atoms with E-state index in [9.17, 15) is 9.90 Å². The molecule has 124 valence electrons. The zero-order valence-corrected chi connectivity index (χ0v) is 14.8. The van der Waals surface area contributed by atoms with E-state index in [4.69, 9.17) is 9.84 Å². The molecular weight excluding hydrogens is 344 g/mol. The van der Waals surface area contributed by atoms with Crippen molar-refractivity contribution >= 4 is 40.8 Å². The van der Waals surface area contributed by atoms with Crippen LogP contribution in [0.3, 0.4) is 0 Å². The summed E-state index contributed by atoms with van der Waals surface area (Å²) in [5, 5.41) is 26.1. The third-order valence-electron chi connectivity index (χ3n) is 2.40. The predicted octanol–water partition coefficient (Wildman–Crippen LogP) is 1.98. The minimum atomic E-state index is -0.636. The van der Waals surface area contributed by atoms with Crippen molar-refractivity contribution in [2.24, 2.45) is 0 Å². The van der Waals surface area contributed by atoms with E-state index in [1.165, 1.54) is 23.1 Å². The predicted molar refractivity (Wildman–Crippen MR) is 89.5 cm³/mol. The average molecular weight is 365 g/mol. The third-order valence-corrected chi connectivity index (χ3v) is 5.64. The van der Waals surface area contributed by atoms with Gasteiger partial charge in [0.1, 0.15) is 6.61 Å². The first-order valence-corrected chi connectivity index (χ1v) is 9.52. The summed E-state index contributed by atoms with van der Waals surface area (Å²) < 4.78 is 6.70. The number of aromatic nitrogens is 2. The zero-order valence-electron chi connectivity index (χ0n) is 12.4. The van der Waals surface area contributed by atoms with E-state index in [1.54, 1.807) is 18.7 Å². The van der Waals surface area contributed by atoms with Crippen LogP contribution >= 0.6 is 34.9 Å². The number of ether oxygens (including phenoxy) is 1. The molecular formula is C13H20N2O4S3. The van der Waals surface area contributed by atoms with Gasteiger partial charge in [-0.3, -0.25) is 0 Å². The highest BCUT2D eigenvalue weighted by Gasteiger charge is 2.08. The molecule has 2 N–H and O–H groups in total. The number of thioether (sulfide) groups is 2. The fourth-order valence-corrected chi connectivity index (χ4v) is 4.21. The fraction of sp³-hybridized carbons (Fsp3) is 0.615. The van der Waals surface area contributed by atoms with E-state index >= 15 is 0 Å². The van der Waals surface area contributed by atoms with Gasteiger partial charge in [-0.05, 0) is 19.8 Å². The van der Waals surface area contributed by atoms with Crippen LogP contribution in [0.15, 0.2) is 20.8 Å². The maximum atomic E-state index is 11.2. The van der Waals surface area contributed by atoms with E-state index in [1.807, 2.05) is 0 Å². The molecule has 1 aromatic rings. The van der Waals surface area contributed by atoms with Crippen molar-refractivity contribution in [3.05, 3.63) is 12.2 Å². The van der Waals surface area contributed by atoms with Gasteiger partial charge >= 0.3 is 5.97 Å². The van der Waals surface area contributed by atoms with Crippen LogP contribution < -0.4 is 0 Å². The Morgan fingerprint density at radius 2 is 2.00 bits per heavy atom. The second-order valence-electron chi connectivity index (χ2n) is 4.43. The lowest BCUT2D eigenvalue weighted by Gasteiger charge is -2.04. The second-order valence-corrected chi connectivity index (χ2v) is 8.09. The standard InChI is InChI=1S/C13H20N2O4S3/c1-9(2)11(18)19-5-7-21-13-15-14-12(22-13)20-6-3-4-10(17)8-16/h10,16-17H,1,3-8H2,2H3. The van der Waals surface area contributed by atoms with Crippen molar-refractivity contribution in [2.45, 2.75) is 34.5 Å². The minimum Gasteiger partial charge on any atom is -0.461 e. The largest absolute Gasteiger partial charge is 0.461 e. The smallest absolute Gasteiger partial charge is 0.333 e. The monoisotopic (exact) mass is 364 g/mol. The van der Waals surface area contributed by atoms with Gasteiger partial charge < -0.3 is 14.9 Å². The molecule has 0 amide bonds. The molecule has 22 heavy (non-hydrogen) atoms. The number of aliphatic hydroxyl groups excluding tert-OH is 2. The molecule has 0 saturated heterocycles. The maximum Gasteiger partial charge on any atom is 0.333 e. The van der Waals surface area contributed by atoms with Crippen molar-refractivity contribution in [3.63, 3.8) is 0 Å². The van der Waals surface area contributed by atoms with Crippen molar-refractivity contribution in [1.82, 2.24) is 10.2 Å². The molecule has 1 atom stereocenters. The molecule has 9 heteroatoms. The van der Waals surface area contributed by atoms with Gasteiger partial charge in [-0.2, -0.15) is 0 Å². The Bertz CT molecular complexity index is 482. The Balaban J connectivity index is 2.16. The van der Waals surface area contributed by atoms with E-state index in [0.29, 0.717) is 24.4 Å². The Morgan fingerprint density at radius 1 is 1.36 bits per heavy atom. The number of rotatable bonds is 11.